The van der Waals surface area contributed by atoms with E-state index in [0.29, 0.717) is 17.3 Å². The highest BCUT2D eigenvalue weighted by molar-refractivity contribution is 7.13. The van der Waals surface area contributed by atoms with E-state index >= 15 is 0 Å². The lowest BCUT2D eigenvalue weighted by molar-refractivity contribution is 0.0700. The molecular weight excluding hydrogens is 224 g/mol. The van der Waals surface area contributed by atoms with Crippen molar-refractivity contribution in [3.8, 4) is 0 Å². The Kier molecular flexibility index (Phi) is 4.44. The molecule has 0 unspecified atom stereocenters. The fourth-order valence-corrected chi connectivity index (χ4v) is 2.48. The molecule has 1 rings (SSSR count). The van der Waals surface area contributed by atoms with Crippen molar-refractivity contribution in [2.45, 2.75) is 26.8 Å². The van der Waals surface area contributed by atoms with E-state index in [1.165, 1.54) is 11.3 Å². The largest absolute Gasteiger partial charge is 0.477 e. The lowest BCUT2D eigenvalue weighted by Crippen LogP contribution is -2.10. The van der Waals surface area contributed by atoms with Crippen LogP contribution in [0.15, 0.2) is 0 Å². The Hall–Kier alpha value is -0.940. The van der Waals surface area contributed by atoms with Gasteiger partial charge in [0.2, 0.25) is 0 Å². The Morgan fingerprint density at radius 1 is 1.50 bits per heavy atom. The first-order chi connectivity index (χ1) is 7.40. The highest BCUT2D eigenvalue weighted by atomic mass is 32.1. The predicted molar refractivity (Wildman–Crippen MR) is 65.0 cm³/mol. The van der Waals surface area contributed by atoms with Gasteiger partial charge < -0.3 is 10.0 Å². The Labute approximate surface area is 99.9 Å². The first-order valence-corrected chi connectivity index (χ1v) is 6.08. The van der Waals surface area contributed by atoms with Crippen LogP contribution in [0.2, 0.25) is 0 Å². The molecule has 0 aromatic carbocycles. The van der Waals surface area contributed by atoms with E-state index in [0.717, 1.165) is 17.1 Å². The van der Waals surface area contributed by atoms with Gasteiger partial charge in [0.25, 0.3) is 0 Å². The molecule has 90 valence electrons. The van der Waals surface area contributed by atoms with Crippen molar-refractivity contribution in [1.82, 2.24) is 9.88 Å². The topological polar surface area (TPSA) is 53.4 Å². The number of hydrogen-bond acceptors (Lipinski definition) is 4. The minimum Gasteiger partial charge on any atom is -0.477 e. The molecule has 1 aromatic rings. The van der Waals surface area contributed by atoms with Crippen molar-refractivity contribution in [1.29, 1.82) is 0 Å². The summed E-state index contributed by atoms with van der Waals surface area (Å²) in [5.74, 6) is -0.439. The third kappa shape index (κ3) is 3.57. The summed E-state index contributed by atoms with van der Waals surface area (Å²) < 4.78 is 0. The smallest absolute Gasteiger partial charge is 0.347 e. The van der Waals surface area contributed by atoms with Crippen LogP contribution in [0.1, 0.15) is 34.2 Å². The molecule has 0 aliphatic rings. The third-order valence-electron chi connectivity index (χ3n) is 1.99. The Balaban J connectivity index is 2.95. The van der Waals surface area contributed by atoms with E-state index in [1.54, 1.807) is 0 Å². The number of rotatable bonds is 5. The van der Waals surface area contributed by atoms with Crippen LogP contribution in [-0.4, -0.2) is 35.1 Å². The van der Waals surface area contributed by atoms with Crippen molar-refractivity contribution in [2.24, 2.45) is 5.92 Å². The molecule has 1 heterocycles. The second-order valence-electron chi connectivity index (χ2n) is 4.52. The summed E-state index contributed by atoms with van der Waals surface area (Å²) in [6.07, 6.45) is 0.728. The standard InChI is InChI=1S/C11H18N2O2S/c1-7(2)5-8-10(11(14)15)16-9(12-8)6-13(3)4/h7H,5-6H2,1-4H3,(H,14,15). The van der Waals surface area contributed by atoms with E-state index < -0.39 is 5.97 Å². The van der Waals surface area contributed by atoms with Crippen molar-refractivity contribution in [3.05, 3.63) is 15.6 Å². The van der Waals surface area contributed by atoms with E-state index in [1.807, 2.05) is 19.0 Å². The fraction of sp³-hybridized carbons (Fsp3) is 0.636. The molecular formula is C11H18N2O2S. The lowest BCUT2D eigenvalue weighted by atomic mass is 10.1. The summed E-state index contributed by atoms with van der Waals surface area (Å²) in [7, 11) is 3.90. The number of nitrogens with zero attached hydrogens (tertiary/aromatic N) is 2. The average molecular weight is 242 g/mol. The Morgan fingerprint density at radius 2 is 2.12 bits per heavy atom. The Bertz CT molecular complexity index is 372. The molecule has 0 atom stereocenters. The SMILES string of the molecule is CC(C)Cc1nc(CN(C)C)sc1C(=O)O. The zero-order chi connectivity index (χ0) is 12.3. The molecule has 0 amide bonds. The van der Waals surface area contributed by atoms with Crippen LogP contribution < -0.4 is 0 Å². The van der Waals surface area contributed by atoms with Gasteiger partial charge >= 0.3 is 5.97 Å². The second kappa shape index (κ2) is 5.41. The molecule has 0 saturated carbocycles. The molecule has 16 heavy (non-hydrogen) atoms. The van der Waals surface area contributed by atoms with Gasteiger partial charge in [-0.25, -0.2) is 9.78 Å². The van der Waals surface area contributed by atoms with Crippen molar-refractivity contribution >= 4 is 17.3 Å². The molecule has 1 aromatic heterocycles. The van der Waals surface area contributed by atoms with Gasteiger partial charge in [-0.05, 0) is 26.4 Å². The van der Waals surface area contributed by atoms with Crippen LogP contribution in [0, 0.1) is 5.92 Å². The maximum Gasteiger partial charge on any atom is 0.347 e. The van der Waals surface area contributed by atoms with Crippen molar-refractivity contribution in [3.63, 3.8) is 0 Å². The summed E-state index contributed by atoms with van der Waals surface area (Å²) in [6.45, 7) is 4.83. The summed E-state index contributed by atoms with van der Waals surface area (Å²) in [5, 5.41) is 9.96. The minimum absolute atomic E-state index is 0.394. The third-order valence-corrected chi connectivity index (χ3v) is 3.06. The summed E-state index contributed by atoms with van der Waals surface area (Å²) in [6, 6.07) is 0. The zero-order valence-corrected chi connectivity index (χ0v) is 11.0. The van der Waals surface area contributed by atoms with Gasteiger partial charge in [-0.15, -0.1) is 11.3 Å². The van der Waals surface area contributed by atoms with Crippen molar-refractivity contribution < 1.29 is 9.90 Å². The molecule has 0 bridgehead atoms. The quantitative estimate of drug-likeness (QED) is 0.859. The average Bonchev–Trinajstić information content (AvgIpc) is 2.45. The Morgan fingerprint density at radius 3 is 2.56 bits per heavy atom. The number of aromatic nitrogens is 1. The molecule has 0 fully saturated rings. The number of carboxylic acids is 1. The first-order valence-electron chi connectivity index (χ1n) is 5.26. The molecule has 0 saturated heterocycles. The first kappa shape index (κ1) is 13.1. The van der Waals surface area contributed by atoms with Crippen LogP contribution in [0.4, 0.5) is 0 Å². The van der Waals surface area contributed by atoms with Gasteiger partial charge in [0.1, 0.15) is 9.88 Å². The van der Waals surface area contributed by atoms with Crippen LogP contribution in [-0.2, 0) is 13.0 Å². The zero-order valence-electron chi connectivity index (χ0n) is 10.1. The minimum atomic E-state index is -0.863. The van der Waals surface area contributed by atoms with Gasteiger partial charge in [-0.3, -0.25) is 0 Å². The van der Waals surface area contributed by atoms with Gasteiger partial charge in [-0.2, -0.15) is 0 Å². The maximum absolute atomic E-state index is 11.1. The number of carbonyl (C=O) groups is 1. The van der Waals surface area contributed by atoms with Crippen molar-refractivity contribution in [2.75, 3.05) is 14.1 Å². The van der Waals surface area contributed by atoms with E-state index in [9.17, 15) is 4.79 Å². The van der Waals surface area contributed by atoms with Crippen LogP contribution in [0.3, 0.4) is 0 Å². The number of hydrogen-bond donors (Lipinski definition) is 1. The van der Waals surface area contributed by atoms with Gasteiger partial charge in [-0.1, -0.05) is 13.8 Å². The maximum atomic E-state index is 11.1. The second-order valence-corrected chi connectivity index (χ2v) is 5.61. The van der Waals surface area contributed by atoms with Gasteiger partial charge in [0.15, 0.2) is 0 Å². The number of aromatic carboxylic acids is 1. The van der Waals surface area contributed by atoms with Crippen LogP contribution in [0.5, 0.6) is 0 Å². The summed E-state index contributed by atoms with van der Waals surface area (Å²) in [5.41, 5.74) is 0.726. The van der Waals surface area contributed by atoms with Gasteiger partial charge in [0.05, 0.1) is 5.69 Å². The number of carboxylic acid groups (broad SMARTS) is 1. The molecule has 0 spiro atoms. The van der Waals surface area contributed by atoms with E-state index in [2.05, 4.69) is 18.8 Å². The number of thiazole rings is 1. The highest BCUT2D eigenvalue weighted by Gasteiger charge is 2.18. The molecule has 0 aliphatic heterocycles. The van der Waals surface area contributed by atoms with E-state index in [-0.39, 0.29) is 0 Å². The molecule has 4 nitrogen and oxygen atoms in total. The van der Waals surface area contributed by atoms with Crippen LogP contribution in [0.25, 0.3) is 0 Å². The normalized spacial score (nSPS) is 11.4. The van der Waals surface area contributed by atoms with Crippen LogP contribution >= 0.6 is 11.3 Å². The molecule has 1 N–H and O–H groups in total. The van der Waals surface area contributed by atoms with Gasteiger partial charge in [0, 0.05) is 6.54 Å². The predicted octanol–water partition coefficient (Wildman–Crippen LogP) is 2.10. The van der Waals surface area contributed by atoms with E-state index in [4.69, 9.17) is 5.11 Å². The molecule has 0 aliphatic carbocycles. The monoisotopic (exact) mass is 242 g/mol. The summed E-state index contributed by atoms with van der Waals surface area (Å²) in [4.78, 5) is 17.9. The lowest BCUT2D eigenvalue weighted by Gasteiger charge is -2.05. The molecule has 5 heteroatoms. The highest BCUT2D eigenvalue weighted by Crippen LogP contribution is 2.22. The fourth-order valence-electron chi connectivity index (χ4n) is 1.43. The summed E-state index contributed by atoms with van der Waals surface area (Å²) >= 11 is 1.29. The molecule has 0 radical (unpaired) electrons.